The van der Waals surface area contributed by atoms with Crippen LogP contribution in [0.2, 0.25) is 0 Å². The van der Waals surface area contributed by atoms with Crippen molar-refractivity contribution in [1.29, 1.82) is 0 Å². The van der Waals surface area contributed by atoms with E-state index in [1.54, 1.807) is 0 Å². The molecule has 0 fully saturated rings. The van der Waals surface area contributed by atoms with Crippen molar-refractivity contribution >= 4 is 9.39 Å². The largest absolute Gasteiger partial charge is 0.372 e. The van der Waals surface area contributed by atoms with E-state index in [1.165, 1.54) is 0 Å². The SMILES string of the molecule is [CH2-]CNC([CH2-])CNP.[Y]. The standard InChI is InChI=1S/C5H13N2P.Y/c1-3-6-5(2)4-7-8;/h5-7H,1-4,8H2;/q-2;. The van der Waals surface area contributed by atoms with E-state index in [0.717, 1.165) is 13.1 Å². The molecule has 0 heterocycles. The minimum Gasteiger partial charge on any atom is -0.372 e. The van der Waals surface area contributed by atoms with Gasteiger partial charge in [-0.15, -0.1) is 12.6 Å². The molecule has 0 aromatic carbocycles. The van der Waals surface area contributed by atoms with Gasteiger partial charge in [0, 0.05) is 32.7 Å². The van der Waals surface area contributed by atoms with E-state index in [2.05, 4.69) is 33.6 Å². The fourth-order valence-electron chi connectivity index (χ4n) is 0.419. The summed E-state index contributed by atoms with van der Waals surface area (Å²) < 4.78 is 0. The smallest absolute Gasteiger partial charge is 0 e. The Morgan fingerprint density at radius 3 is 2.44 bits per heavy atom. The summed E-state index contributed by atoms with van der Waals surface area (Å²) in [6, 6.07) is 0.269. The van der Waals surface area contributed by atoms with E-state index in [0.29, 0.717) is 0 Å². The van der Waals surface area contributed by atoms with E-state index in [1.807, 2.05) is 0 Å². The first kappa shape index (κ1) is 13.1. The normalized spacial score (nSPS) is 12.3. The third-order valence-corrected chi connectivity index (χ3v) is 1.03. The van der Waals surface area contributed by atoms with Crippen LogP contribution in [0.5, 0.6) is 0 Å². The summed E-state index contributed by atoms with van der Waals surface area (Å²) in [6.07, 6.45) is 0. The molecule has 1 radical (unpaired) electrons. The number of nitrogens with one attached hydrogen (secondary N) is 2. The zero-order valence-electron chi connectivity index (χ0n) is 5.56. The maximum atomic E-state index is 3.79. The number of hydrogen-bond donors (Lipinski definition) is 2. The van der Waals surface area contributed by atoms with Crippen molar-refractivity contribution in [2.45, 2.75) is 6.04 Å². The van der Waals surface area contributed by atoms with Crippen LogP contribution >= 0.6 is 9.39 Å². The third kappa shape index (κ3) is 9.45. The van der Waals surface area contributed by atoms with Crippen molar-refractivity contribution in [3.05, 3.63) is 13.8 Å². The fraction of sp³-hybridized carbons (Fsp3) is 0.600. The van der Waals surface area contributed by atoms with Crippen LogP contribution < -0.4 is 10.4 Å². The molecule has 0 saturated carbocycles. The first-order chi connectivity index (χ1) is 3.81. The second-order valence-electron chi connectivity index (χ2n) is 1.56. The van der Waals surface area contributed by atoms with Gasteiger partial charge >= 0.3 is 0 Å². The maximum absolute atomic E-state index is 3.79. The molecule has 0 bridgehead atoms. The minimum atomic E-state index is 0. The third-order valence-electron chi connectivity index (χ3n) is 0.797. The molecule has 0 aliphatic rings. The molecule has 0 aromatic rings. The average Bonchev–Trinajstić information content (AvgIpc) is 1.68. The summed E-state index contributed by atoms with van der Waals surface area (Å²) in [5.41, 5.74) is 0. The van der Waals surface area contributed by atoms with Gasteiger partial charge in [-0.1, -0.05) is 9.39 Å². The van der Waals surface area contributed by atoms with Crippen molar-refractivity contribution in [3.8, 4) is 0 Å². The molecular weight excluding hydrogens is 208 g/mol. The van der Waals surface area contributed by atoms with Crippen LogP contribution in [0.25, 0.3) is 0 Å². The fourth-order valence-corrected chi connectivity index (χ4v) is 0.703. The van der Waals surface area contributed by atoms with Crippen molar-refractivity contribution in [2.24, 2.45) is 0 Å². The van der Waals surface area contributed by atoms with Crippen molar-refractivity contribution < 1.29 is 32.7 Å². The Morgan fingerprint density at radius 1 is 1.56 bits per heavy atom. The second kappa shape index (κ2) is 9.45. The Kier molecular flexibility index (Phi) is 13.7. The molecule has 9 heavy (non-hydrogen) atoms. The monoisotopic (exact) mass is 221 g/mol. The van der Waals surface area contributed by atoms with Crippen LogP contribution in [-0.4, -0.2) is 19.1 Å². The summed E-state index contributed by atoms with van der Waals surface area (Å²) in [5.74, 6) is 0. The molecular formula is C5H13N2PY-2. The van der Waals surface area contributed by atoms with Gasteiger partial charge in [0.2, 0.25) is 0 Å². The first-order valence-electron chi connectivity index (χ1n) is 2.60. The molecule has 4 heteroatoms. The minimum absolute atomic E-state index is 0. The molecule has 2 N–H and O–H groups in total. The number of hydrogen-bond acceptors (Lipinski definition) is 2. The zero-order valence-corrected chi connectivity index (χ0v) is 9.55. The van der Waals surface area contributed by atoms with E-state index < -0.39 is 0 Å². The van der Waals surface area contributed by atoms with Gasteiger partial charge in [-0.05, 0) is 6.54 Å². The molecule has 2 atom stereocenters. The number of rotatable bonds is 4. The topological polar surface area (TPSA) is 24.1 Å². The quantitative estimate of drug-likeness (QED) is 0.515. The molecule has 0 aromatic heterocycles. The van der Waals surface area contributed by atoms with E-state index >= 15 is 0 Å². The molecule has 0 rings (SSSR count). The van der Waals surface area contributed by atoms with Crippen LogP contribution in [0.3, 0.4) is 0 Å². The predicted octanol–water partition coefficient (Wildman–Crippen LogP) is -0.0100. The van der Waals surface area contributed by atoms with Gasteiger partial charge in [-0.25, -0.2) is 0 Å². The van der Waals surface area contributed by atoms with Gasteiger partial charge in [0.25, 0.3) is 0 Å². The zero-order chi connectivity index (χ0) is 6.41. The van der Waals surface area contributed by atoms with Gasteiger partial charge in [0.1, 0.15) is 0 Å². The van der Waals surface area contributed by atoms with Crippen molar-refractivity contribution in [3.63, 3.8) is 0 Å². The summed E-state index contributed by atoms with van der Waals surface area (Å²) in [4.78, 5) is 0. The summed E-state index contributed by atoms with van der Waals surface area (Å²) in [7, 11) is 2.42. The van der Waals surface area contributed by atoms with Gasteiger partial charge in [-0.2, -0.15) is 0 Å². The Balaban J connectivity index is 0. The summed E-state index contributed by atoms with van der Waals surface area (Å²) in [6.45, 7) is 9.01. The van der Waals surface area contributed by atoms with Crippen LogP contribution in [-0.2, 0) is 32.7 Å². The Bertz CT molecular complexity index is 48.2. The predicted molar refractivity (Wildman–Crippen MR) is 40.2 cm³/mol. The second-order valence-corrected chi connectivity index (χ2v) is 1.97. The van der Waals surface area contributed by atoms with Gasteiger partial charge in [0.15, 0.2) is 0 Å². The molecule has 0 saturated heterocycles. The van der Waals surface area contributed by atoms with E-state index in [4.69, 9.17) is 0 Å². The van der Waals surface area contributed by atoms with E-state index in [-0.39, 0.29) is 38.8 Å². The van der Waals surface area contributed by atoms with E-state index in [9.17, 15) is 0 Å². The maximum Gasteiger partial charge on any atom is 0 e. The molecule has 0 amide bonds. The Labute approximate surface area is 85.1 Å². The Morgan fingerprint density at radius 2 is 2.11 bits per heavy atom. The van der Waals surface area contributed by atoms with Gasteiger partial charge in [0.05, 0.1) is 0 Å². The molecule has 2 nitrogen and oxygen atoms in total. The van der Waals surface area contributed by atoms with Crippen molar-refractivity contribution in [2.75, 3.05) is 13.1 Å². The molecule has 0 spiro atoms. The van der Waals surface area contributed by atoms with Crippen LogP contribution in [0.1, 0.15) is 0 Å². The van der Waals surface area contributed by atoms with Crippen LogP contribution in [0.15, 0.2) is 0 Å². The Hall–Kier alpha value is 1.45. The van der Waals surface area contributed by atoms with Gasteiger partial charge < -0.3 is 24.3 Å². The molecule has 2 unspecified atom stereocenters. The molecule has 0 aliphatic carbocycles. The summed E-state index contributed by atoms with van der Waals surface area (Å²) in [5, 5.41) is 5.96. The summed E-state index contributed by atoms with van der Waals surface area (Å²) >= 11 is 0. The molecule has 0 aliphatic heterocycles. The van der Waals surface area contributed by atoms with Crippen LogP contribution in [0.4, 0.5) is 0 Å². The first-order valence-corrected chi connectivity index (χ1v) is 3.18. The van der Waals surface area contributed by atoms with Gasteiger partial charge in [-0.3, -0.25) is 0 Å². The average molecular weight is 221 g/mol. The molecule has 53 valence electrons. The van der Waals surface area contributed by atoms with Crippen LogP contribution in [0, 0.1) is 13.8 Å². The van der Waals surface area contributed by atoms with Crippen molar-refractivity contribution in [1.82, 2.24) is 10.4 Å².